The fourth-order valence-electron chi connectivity index (χ4n) is 2.82. The first-order valence-electron chi connectivity index (χ1n) is 8.00. The van der Waals surface area contributed by atoms with Gasteiger partial charge in [-0.15, -0.1) is 6.42 Å². The molecule has 0 saturated heterocycles. The molecule has 0 unspecified atom stereocenters. The molecule has 0 amide bonds. The lowest BCUT2D eigenvalue weighted by Gasteiger charge is -2.33. The van der Waals surface area contributed by atoms with Crippen LogP contribution in [0.15, 0.2) is 46.1 Å². The van der Waals surface area contributed by atoms with Gasteiger partial charge < -0.3 is 14.4 Å². The number of benzene rings is 1. The van der Waals surface area contributed by atoms with Gasteiger partial charge in [-0.25, -0.2) is 9.79 Å². The fourth-order valence-corrected chi connectivity index (χ4v) is 3.86. The highest BCUT2D eigenvalue weighted by atomic mass is 35.5. The van der Waals surface area contributed by atoms with Crippen LogP contribution in [0.1, 0.15) is 25.5 Å². The third-order valence-corrected chi connectivity index (χ3v) is 4.96. The van der Waals surface area contributed by atoms with Crippen molar-refractivity contribution in [1.82, 2.24) is 4.90 Å². The molecule has 0 saturated carbocycles. The summed E-state index contributed by atoms with van der Waals surface area (Å²) in [6.07, 6.45) is 7.12. The Balaban J connectivity index is 2.03. The molecule has 134 valence electrons. The smallest absolute Gasteiger partial charge is 0.338 e. The van der Waals surface area contributed by atoms with Crippen molar-refractivity contribution >= 4 is 34.5 Å². The summed E-state index contributed by atoms with van der Waals surface area (Å²) in [5, 5.41) is 3.17. The second kappa shape index (κ2) is 7.90. The molecule has 1 atom stereocenters. The topological polar surface area (TPSA) is 51.1 Å². The highest BCUT2D eigenvalue weighted by Crippen LogP contribution is 2.42. The highest BCUT2D eigenvalue weighted by molar-refractivity contribution is 8.16. The van der Waals surface area contributed by atoms with Crippen molar-refractivity contribution in [2.24, 2.45) is 4.99 Å². The van der Waals surface area contributed by atoms with Gasteiger partial charge in [0.05, 0.1) is 28.9 Å². The number of carbonyl (C=O) groups is 1. The van der Waals surface area contributed by atoms with Crippen molar-refractivity contribution in [2.45, 2.75) is 19.9 Å². The SMILES string of the molecule is C#CCOc1ccc([C@H]2C(C(=O)OCC)=C(C)N=C3SC=CN32)cc1Cl. The number of halogens is 1. The summed E-state index contributed by atoms with van der Waals surface area (Å²) in [7, 11) is 0. The van der Waals surface area contributed by atoms with Gasteiger partial charge in [-0.3, -0.25) is 0 Å². The van der Waals surface area contributed by atoms with Crippen LogP contribution in [0.5, 0.6) is 5.75 Å². The normalized spacial score (nSPS) is 18.3. The molecule has 2 aliphatic heterocycles. The van der Waals surface area contributed by atoms with Crippen LogP contribution in [-0.4, -0.2) is 29.3 Å². The molecule has 0 fully saturated rings. The van der Waals surface area contributed by atoms with Gasteiger partial charge in [-0.2, -0.15) is 0 Å². The lowest BCUT2D eigenvalue weighted by molar-refractivity contribution is -0.139. The van der Waals surface area contributed by atoms with Crippen LogP contribution < -0.4 is 4.74 Å². The van der Waals surface area contributed by atoms with E-state index in [2.05, 4.69) is 10.9 Å². The van der Waals surface area contributed by atoms with Gasteiger partial charge in [-0.05, 0) is 37.0 Å². The molecule has 0 bridgehead atoms. The predicted octanol–water partition coefficient (Wildman–Crippen LogP) is 4.12. The van der Waals surface area contributed by atoms with Gasteiger partial charge in [0.2, 0.25) is 0 Å². The Morgan fingerprint density at radius 2 is 2.31 bits per heavy atom. The lowest BCUT2D eigenvalue weighted by Crippen LogP contribution is -2.34. The number of aliphatic imine (C=N–C) groups is 1. The fraction of sp³-hybridized carbons (Fsp3) is 0.263. The number of carbonyl (C=O) groups excluding carboxylic acids is 1. The maximum atomic E-state index is 12.6. The van der Waals surface area contributed by atoms with Crippen molar-refractivity contribution in [1.29, 1.82) is 0 Å². The van der Waals surface area contributed by atoms with Gasteiger partial charge in [0.1, 0.15) is 12.4 Å². The average Bonchev–Trinajstić information content (AvgIpc) is 3.07. The molecule has 0 aliphatic carbocycles. The third kappa shape index (κ3) is 3.46. The molecule has 0 N–H and O–H groups in total. The minimum absolute atomic E-state index is 0.137. The van der Waals surface area contributed by atoms with E-state index in [9.17, 15) is 4.79 Å². The number of esters is 1. The molecular weight excluding hydrogens is 372 g/mol. The van der Waals surface area contributed by atoms with E-state index < -0.39 is 0 Å². The molecular formula is C19H17ClN2O3S. The number of amidine groups is 1. The van der Waals surface area contributed by atoms with Crippen LogP contribution in [0, 0.1) is 12.3 Å². The molecule has 3 rings (SSSR count). The Morgan fingerprint density at radius 1 is 1.50 bits per heavy atom. The Kier molecular flexibility index (Phi) is 5.60. The number of hydrogen-bond donors (Lipinski definition) is 0. The quantitative estimate of drug-likeness (QED) is 0.561. The van der Waals surface area contributed by atoms with E-state index in [1.165, 1.54) is 11.8 Å². The number of allylic oxidation sites excluding steroid dienone is 1. The second-order valence-electron chi connectivity index (χ2n) is 5.51. The van der Waals surface area contributed by atoms with Crippen LogP contribution >= 0.6 is 23.4 Å². The summed E-state index contributed by atoms with van der Waals surface area (Å²) < 4.78 is 10.7. The van der Waals surface area contributed by atoms with Crippen molar-refractivity contribution in [3.63, 3.8) is 0 Å². The molecule has 5 nitrogen and oxygen atoms in total. The van der Waals surface area contributed by atoms with Crippen LogP contribution in [0.4, 0.5) is 0 Å². The summed E-state index contributed by atoms with van der Waals surface area (Å²) in [6, 6.07) is 5.04. The Hall–Kier alpha value is -2.36. The minimum atomic E-state index is -0.383. The zero-order chi connectivity index (χ0) is 18.7. The van der Waals surface area contributed by atoms with Gasteiger partial charge in [0.25, 0.3) is 0 Å². The van der Waals surface area contributed by atoms with E-state index in [1.807, 2.05) is 29.5 Å². The van der Waals surface area contributed by atoms with E-state index in [0.717, 1.165) is 10.7 Å². The first-order valence-corrected chi connectivity index (χ1v) is 9.26. The van der Waals surface area contributed by atoms with Crippen molar-refractivity contribution in [2.75, 3.05) is 13.2 Å². The maximum Gasteiger partial charge on any atom is 0.338 e. The Bertz CT molecular complexity index is 870. The molecule has 1 aromatic rings. The first kappa shape index (κ1) is 18.4. The number of fused-ring (bicyclic) bond motifs is 1. The summed E-state index contributed by atoms with van der Waals surface area (Å²) >= 11 is 7.86. The Morgan fingerprint density at radius 3 is 3.00 bits per heavy atom. The summed E-state index contributed by atoms with van der Waals surface area (Å²) in [4.78, 5) is 19.1. The predicted molar refractivity (Wildman–Crippen MR) is 104 cm³/mol. The number of rotatable bonds is 5. The van der Waals surface area contributed by atoms with Gasteiger partial charge in [-0.1, -0.05) is 35.3 Å². The molecule has 26 heavy (non-hydrogen) atoms. The van der Waals surface area contributed by atoms with E-state index in [0.29, 0.717) is 28.6 Å². The summed E-state index contributed by atoms with van der Waals surface area (Å²) in [5.74, 6) is 2.53. The number of terminal acetylenes is 1. The lowest BCUT2D eigenvalue weighted by atomic mass is 9.95. The highest BCUT2D eigenvalue weighted by Gasteiger charge is 2.37. The average molecular weight is 389 g/mol. The number of thioether (sulfide) groups is 1. The third-order valence-electron chi connectivity index (χ3n) is 3.90. The van der Waals surface area contributed by atoms with Crippen molar-refractivity contribution < 1.29 is 14.3 Å². The van der Waals surface area contributed by atoms with Crippen molar-refractivity contribution in [3.8, 4) is 18.1 Å². The van der Waals surface area contributed by atoms with Gasteiger partial charge in [0, 0.05) is 6.20 Å². The van der Waals surface area contributed by atoms with Gasteiger partial charge in [0.15, 0.2) is 5.17 Å². The monoisotopic (exact) mass is 388 g/mol. The second-order valence-corrected chi connectivity index (χ2v) is 6.79. The first-order chi connectivity index (χ1) is 12.6. The molecule has 0 spiro atoms. The van der Waals surface area contributed by atoms with Crippen LogP contribution in [0.3, 0.4) is 0 Å². The zero-order valence-electron chi connectivity index (χ0n) is 14.4. The van der Waals surface area contributed by atoms with E-state index in [4.69, 9.17) is 27.5 Å². The van der Waals surface area contributed by atoms with Crippen LogP contribution in [-0.2, 0) is 9.53 Å². The minimum Gasteiger partial charge on any atom is -0.479 e. The molecule has 2 heterocycles. The van der Waals surface area contributed by atoms with Crippen LogP contribution in [0.25, 0.3) is 0 Å². The zero-order valence-corrected chi connectivity index (χ0v) is 15.9. The molecule has 0 aromatic heterocycles. The van der Waals surface area contributed by atoms with Gasteiger partial charge >= 0.3 is 5.97 Å². The van der Waals surface area contributed by atoms with E-state index in [1.54, 1.807) is 19.1 Å². The number of hydrogen-bond acceptors (Lipinski definition) is 6. The molecule has 7 heteroatoms. The van der Waals surface area contributed by atoms with Crippen LogP contribution in [0.2, 0.25) is 5.02 Å². The van der Waals surface area contributed by atoms with E-state index in [-0.39, 0.29) is 18.6 Å². The van der Waals surface area contributed by atoms with E-state index >= 15 is 0 Å². The maximum absolute atomic E-state index is 12.6. The number of ether oxygens (including phenoxy) is 2. The standard InChI is InChI=1S/C19H17ClN2O3S/c1-4-9-25-15-7-6-13(11-14(15)20)17-16(18(23)24-5-2)12(3)21-19-22(17)8-10-26-19/h1,6-8,10-11,17H,5,9H2,2-3H3/t17-/m0/s1. The molecule has 2 aliphatic rings. The summed E-state index contributed by atoms with van der Waals surface area (Å²) in [6.45, 7) is 4.02. The number of nitrogens with zero attached hydrogens (tertiary/aromatic N) is 2. The van der Waals surface area contributed by atoms with Crippen molar-refractivity contribution in [3.05, 3.63) is 51.7 Å². The molecule has 0 radical (unpaired) electrons. The summed E-state index contributed by atoms with van der Waals surface area (Å²) in [5.41, 5.74) is 1.97. The Labute approximate surface area is 161 Å². The molecule has 1 aromatic carbocycles. The largest absolute Gasteiger partial charge is 0.479 e.